The number of carbonyl (C=O) groups is 1. The van der Waals surface area contributed by atoms with Crippen LogP contribution in [0.15, 0.2) is 36.8 Å². The maximum Gasteiger partial charge on any atom is 0.239 e. The molecule has 0 radical (unpaired) electrons. The lowest BCUT2D eigenvalue weighted by Crippen LogP contribution is -2.35. The zero-order valence-corrected chi connectivity index (χ0v) is 13.0. The van der Waals surface area contributed by atoms with Gasteiger partial charge in [0.15, 0.2) is 0 Å². The van der Waals surface area contributed by atoms with Crippen LogP contribution in [0.25, 0.3) is 0 Å². The first-order chi connectivity index (χ1) is 10.6. The van der Waals surface area contributed by atoms with E-state index in [2.05, 4.69) is 15.3 Å². The zero-order valence-electron chi connectivity index (χ0n) is 13.0. The van der Waals surface area contributed by atoms with Crippen molar-refractivity contribution in [1.82, 2.24) is 15.3 Å². The van der Waals surface area contributed by atoms with Gasteiger partial charge >= 0.3 is 0 Å². The predicted molar refractivity (Wildman–Crippen MR) is 84.9 cm³/mol. The molecule has 0 atom stereocenters. The first-order valence-corrected chi connectivity index (χ1v) is 6.97. The summed E-state index contributed by atoms with van der Waals surface area (Å²) in [6.45, 7) is 2.67. The molecule has 1 aromatic carbocycles. The smallest absolute Gasteiger partial charge is 0.239 e. The molecule has 1 aromatic heterocycles. The van der Waals surface area contributed by atoms with Crippen molar-refractivity contribution in [2.75, 3.05) is 25.6 Å². The van der Waals surface area contributed by atoms with E-state index in [1.165, 1.54) is 0 Å². The van der Waals surface area contributed by atoms with Crippen molar-refractivity contribution < 1.29 is 9.53 Å². The van der Waals surface area contributed by atoms with E-state index in [4.69, 9.17) is 4.74 Å². The molecule has 1 amide bonds. The molecule has 0 aliphatic rings. The van der Waals surface area contributed by atoms with Gasteiger partial charge < -0.3 is 15.0 Å². The third-order valence-corrected chi connectivity index (χ3v) is 3.28. The van der Waals surface area contributed by atoms with Gasteiger partial charge in [0, 0.05) is 26.0 Å². The number of amides is 1. The average molecular weight is 300 g/mol. The number of rotatable bonds is 6. The molecule has 0 bridgehead atoms. The third kappa shape index (κ3) is 4.18. The Balaban J connectivity index is 1.88. The number of hydrogen-bond acceptors (Lipinski definition) is 5. The standard InChI is InChI=1S/C16H20N4O2/c1-12-4-5-13(8-14(12)22-3)9-19-16(21)11-20(2)15-10-17-6-7-18-15/h4-8,10H,9,11H2,1-3H3,(H,19,21). The molecular weight excluding hydrogens is 280 g/mol. The molecule has 6 nitrogen and oxygen atoms in total. The van der Waals surface area contributed by atoms with Crippen LogP contribution in [0.1, 0.15) is 11.1 Å². The van der Waals surface area contributed by atoms with Gasteiger partial charge in [0.1, 0.15) is 11.6 Å². The van der Waals surface area contributed by atoms with Gasteiger partial charge in [0.25, 0.3) is 0 Å². The van der Waals surface area contributed by atoms with Crippen molar-refractivity contribution in [3.05, 3.63) is 47.9 Å². The van der Waals surface area contributed by atoms with Crippen LogP contribution in [0.4, 0.5) is 5.82 Å². The Morgan fingerprint density at radius 2 is 2.18 bits per heavy atom. The molecule has 116 valence electrons. The van der Waals surface area contributed by atoms with Crippen LogP contribution in [0.5, 0.6) is 5.75 Å². The van der Waals surface area contributed by atoms with Gasteiger partial charge in [-0.15, -0.1) is 0 Å². The second-order valence-electron chi connectivity index (χ2n) is 5.00. The number of aryl methyl sites for hydroxylation is 1. The SMILES string of the molecule is COc1cc(CNC(=O)CN(C)c2cnccn2)ccc1C. The summed E-state index contributed by atoms with van der Waals surface area (Å²) < 4.78 is 5.28. The Hall–Kier alpha value is -2.63. The lowest BCUT2D eigenvalue weighted by Gasteiger charge is -2.17. The number of nitrogens with one attached hydrogen (secondary N) is 1. The monoisotopic (exact) mass is 300 g/mol. The van der Waals surface area contributed by atoms with E-state index in [0.717, 1.165) is 16.9 Å². The Kier molecular flexibility index (Phi) is 5.30. The lowest BCUT2D eigenvalue weighted by molar-refractivity contribution is -0.119. The quantitative estimate of drug-likeness (QED) is 0.876. The van der Waals surface area contributed by atoms with Crippen LogP contribution >= 0.6 is 0 Å². The molecule has 1 N–H and O–H groups in total. The van der Waals surface area contributed by atoms with Crippen LogP contribution in [0.2, 0.25) is 0 Å². The minimum atomic E-state index is -0.0762. The number of carbonyl (C=O) groups excluding carboxylic acids is 1. The molecule has 0 saturated carbocycles. The molecule has 22 heavy (non-hydrogen) atoms. The molecular formula is C16H20N4O2. The number of nitrogens with zero attached hydrogens (tertiary/aromatic N) is 3. The van der Waals surface area contributed by atoms with Crippen LogP contribution in [0.3, 0.4) is 0 Å². The molecule has 0 aliphatic heterocycles. The van der Waals surface area contributed by atoms with Gasteiger partial charge in [-0.2, -0.15) is 0 Å². The Labute approximate surface area is 130 Å². The normalized spacial score (nSPS) is 10.1. The molecule has 2 rings (SSSR count). The molecule has 1 heterocycles. The highest BCUT2D eigenvalue weighted by Crippen LogP contribution is 2.18. The van der Waals surface area contributed by atoms with Crippen molar-refractivity contribution in [3.8, 4) is 5.75 Å². The van der Waals surface area contributed by atoms with E-state index in [1.807, 2.05) is 25.1 Å². The summed E-state index contributed by atoms with van der Waals surface area (Å²) >= 11 is 0. The highest BCUT2D eigenvalue weighted by molar-refractivity contribution is 5.80. The van der Waals surface area contributed by atoms with E-state index in [9.17, 15) is 4.79 Å². The van der Waals surface area contributed by atoms with Crippen molar-refractivity contribution in [2.45, 2.75) is 13.5 Å². The highest BCUT2D eigenvalue weighted by Gasteiger charge is 2.08. The van der Waals surface area contributed by atoms with Gasteiger partial charge in [-0.05, 0) is 24.1 Å². The first-order valence-electron chi connectivity index (χ1n) is 6.97. The van der Waals surface area contributed by atoms with E-state index < -0.39 is 0 Å². The van der Waals surface area contributed by atoms with Gasteiger partial charge in [-0.25, -0.2) is 4.98 Å². The summed E-state index contributed by atoms with van der Waals surface area (Å²) in [7, 11) is 3.44. The largest absolute Gasteiger partial charge is 0.496 e. The summed E-state index contributed by atoms with van der Waals surface area (Å²) in [5.41, 5.74) is 2.07. The predicted octanol–water partition coefficient (Wildman–Crippen LogP) is 1.55. The fraction of sp³-hybridized carbons (Fsp3) is 0.312. The Bertz CT molecular complexity index is 631. The molecule has 0 spiro atoms. The molecule has 0 saturated heterocycles. The van der Waals surface area contributed by atoms with Crippen LogP contribution in [-0.2, 0) is 11.3 Å². The number of hydrogen-bond donors (Lipinski definition) is 1. The van der Waals surface area contributed by atoms with Gasteiger partial charge in [-0.1, -0.05) is 12.1 Å². The first kappa shape index (κ1) is 15.8. The average Bonchev–Trinajstić information content (AvgIpc) is 2.55. The van der Waals surface area contributed by atoms with Gasteiger partial charge in [0.2, 0.25) is 5.91 Å². The van der Waals surface area contributed by atoms with Crippen molar-refractivity contribution in [2.24, 2.45) is 0 Å². The summed E-state index contributed by atoms with van der Waals surface area (Å²) in [6, 6.07) is 5.89. The molecule has 0 aliphatic carbocycles. The van der Waals surface area contributed by atoms with E-state index in [1.54, 1.807) is 37.6 Å². The van der Waals surface area contributed by atoms with E-state index >= 15 is 0 Å². The lowest BCUT2D eigenvalue weighted by atomic mass is 10.1. The van der Waals surface area contributed by atoms with Crippen LogP contribution in [-0.4, -0.2) is 36.6 Å². The molecule has 0 fully saturated rings. The number of aromatic nitrogens is 2. The third-order valence-electron chi connectivity index (χ3n) is 3.28. The number of methoxy groups -OCH3 is 1. The molecule has 2 aromatic rings. The highest BCUT2D eigenvalue weighted by atomic mass is 16.5. The van der Waals surface area contributed by atoms with Gasteiger partial charge in [-0.3, -0.25) is 9.78 Å². The number of ether oxygens (including phenoxy) is 1. The van der Waals surface area contributed by atoms with Crippen molar-refractivity contribution in [1.29, 1.82) is 0 Å². The summed E-state index contributed by atoms with van der Waals surface area (Å²) in [4.78, 5) is 21.9. The summed E-state index contributed by atoms with van der Waals surface area (Å²) in [5, 5.41) is 2.89. The summed E-state index contributed by atoms with van der Waals surface area (Å²) in [5.74, 6) is 1.41. The van der Waals surface area contributed by atoms with Gasteiger partial charge in [0.05, 0.1) is 19.9 Å². The molecule has 0 unspecified atom stereocenters. The van der Waals surface area contributed by atoms with Crippen LogP contribution < -0.4 is 15.0 Å². The second-order valence-corrected chi connectivity index (χ2v) is 5.00. The molecule has 6 heteroatoms. The van der Waals surface area contributed by atoms with E-state index in [-0.39, 0.29) is 12.5 Å². The van der Waals surface area contributed by atoms with Crippen molar-refractivity contribution >= 4 is 11.7 Å². The maximum absolute atomic E-state index is 12.0. The van der Waals surface area contributed by atoms with Crippen molar-refractivity contribution in [3.63, 3.8) is 0 Å². The Morgan fingerprint density at radius 1 is 1.36 bits per heavy atom. The zero-order chi connectivity index (χ0) is 15.9. The minimum Gasteiger partial charge on any atom is -0.496 e. The Morgan fingerprint density at radius 3 is 2.86 bits per heavy atom. The fourth-order valence-corrected chi connectivity index (χ4v) is 2.02. The topological polar surface area (TPSA) is 67.3 Å². The number of anilines is 1. The fourth-order valence-electron chi connectivity index (χ4n) is 2.02. The maximum atomic E-state index is 12.0. The number of benzene rings is 1. The minimum absolute atomic E-state index is 0.0762. The number of likely N-dealkylation sites (N-methyl/N-ethyl adjacent to an activating group) is 1. The van der Waals surface area contributed by atoms with Crippen LogP contribution in [0, 0.1) is 6.92 Å². The summed E-state index contributed by atoms with van der Waals surface area (Å²) in [6.07, 6.45) is 4.82. The second kappa shape index (κ2) is 7.40. The van der Waals surface area contributed by atoms with E-state index in [0.29, 0.717) is 12.4 Å².